The largest absolute Gasteiger partial charge is 0.480 e. The Morgan fingerprint density at radius 2 is 2.42 bits per heavy atom. The third kappa shape index (κ3) is 2.31. The molecule has 6 nitrogen and oxygen atoms in total. The Labute approximate surface area is 68.1 Å². The minimum Gasteiger partial charge on any atom is -0.480 e. The summed E-state index contributed by atoms with van der Waals surface area (Å²) in [6, 6.07) is 0. The van der Waals surface area contributed by atoms with E-state index in [4.69, 9.17) is 9.84 Å². The van der Waals surface area contributed by atoms with Crippen LogP contribution in [0.3, 0.4) is 0 Å². The van der Waals surface area contributed by atoms with Crippen molar-refractivity contribution < 1.29 is 19.3 Å². The molecule has 0 aromatic carbocycles. The van der Waals surface area contributed by atoms with E-state index in [-0.39, 0.29) is 13.2 Å². The minimum absolute atomic E-state index is 0.113. The van der Waals surface area contributed by atoms with E-state index >= 15 is 0 Å². The van der Waals surface area contributed by atoms with Crippen LogP contribution in [0.1, 0.15) is 11.4 Å². The van der Waals surface area contributed by atoms with Gasteiger partial charge in [0.1, 0.15) is 18.0 Å². The molecule has 0 amide bonds. The molecule has 1 rings (SSSR count). The first-order valence-electron chi connectivity index (χ1n) is 3.27. The molecule has 0 aliphatic carbocycles. The third-order valence-electron chi connectivity index (χ3n) is 1.21. The van der Waals surface area contributed by atoms with E-state index in [0.717, 1.165) is 0 Å². The minimum atomic E-state index is -1.01. The predicted molar refractivity (Wildman–Crippen MR) is 36.3 cm³/mol. The Kier molecular flexibility index (Phi) is 2.76. The van der Waals surface area contributed by atoms with E-state index in [1.165, 1.54) is 0 Å². The summed E-state index contributed by atoms with van der Waals surface area (Å²) in [5.74, 6) is -1.01. The molecular weight excluding hydrogens is 164 g/mol. The van der Waals surface area contributed by atoms with E-state index in [1.807, 2.05) is 0 Å². The van der Waals surface area contributed by atoms with Gasteiger partial charge < -0.3 is 9.84 Å². The van der Waals surface area contributed by atoms with Crippen molar-refractivity contribution >= 4 is 5.97 Å². The first-order valence-corrected chi connectivity index (χ1v) is 3.27. The maximum absolute atomic E-state index is 10.0. The van der Waals surface area contributed by atoms with Gasteiger partial charge in [-0.25, -0.2) is 9.42 Å². The normalized spacial score (nSPS) is 10.1. The zero-order valence-electron chi connectivity index (χ0n) is 6.48. The van der Waals surface area contributed by atoms with Gasteiger partial charge in [0.25, 0.3) is 0 Å². The van der Waals surface area contributed by atoms with Gasteiger partial charge in [0.15, 0.2) is 0 Å². The zero-order chi connectivity index (χ0) is 8.97. The van der Waals surface area contributed by atoms with Crippen LogP contribution in [-0.2, 0) is 16.1 Å². The highest BCUT2D eigenvalue weighted by atomic mass is 16.6. The topological polar surface area (TPSA) is 85.5 Å². The summed E-state index contributed by atoms with van der Waals surface area (Å²) in [6.07, 6.45) is 0. The second kappa shape index (κ2) is 3.82. The van der Waals surface area contributed by atoms with Crippen LogP contribution in [0.25, 0.3) is 0 Å². The molecule has 0 saturated heterocycles. The summed E-state index contributed by atoms with van der Waals surface area (Å²) >= 11 is 0. The van der Waals surface area contributed by atoms with Crippen LogP contribution < -0.4 is 0 Å². The number of carboxylic acid groups (broad SMARTS) is 1. The van der Waals surface area contributed by atoms with Crippen LogP contribution in [0.15, 0.2) is 4.63 Å². The number of aliphatic carboxylic acids is 1. The van der Waals surface area contributed by atoms with Crippen molar-refractivity contribution in [2.24, 2.45) is 0 Å². The van der Waals surface area contributed by atoms with Gasteiger partial charge >= 0.3 is 5.97 Å². The first-order chi connectivity index (χ1) is 5.70. The van der Waals surface area contributed by atoms with E-state index < -0.39 is 5.97 Å². The van der Waals surface area contributed by atoms with E-state index in [1.54, 1.807) is 6.92 Å². The molecule has 0 aliphatic heterocycles. The summed E-state index contributed by atoms with van der Waals surface area (Å²) in [5.41, 5.74) is 1.14. The molecule has 0 unspecified atom stereocenters. The van der Waals surface area contributed by atoms with Gasteiger partial charge in [0.2, 0.25) is 0 Å². The van der Waals surface area contributed by atoms with Gasteiger partial charge in [0, 0.05) is 0 Å². The maximum atomic E-state index is 10.0. The number of hydrogen-bond acceptors (Lipinski definition) is 5. The second-order valence-corrected chi connectivity index (χ2v) is 2.18. The molecule has 1 N–H and O–H groups in total. The molecule has 66 valence electrons. The van der Waals surface area contributed by atoms with Crippen molar-refractivity contribution in [3.63, 3.8) is 0 Å². The highest BCUT2D eigenvalue weighted by Gasteiger charge is 2.05. The maximum Gasteiger partial charge on any atom is 0.329 e. The van der Waals surface area contributed by atoms with Gasteiger partial charge in [-0.05, 0) is 6.92 Å². The fourth-order valence-electron chi connectivity index (χ4n) is 0.615. The molecule has 0 aliphatic rings. The molecule has 0 bridgehead atoms. The molecule has 12 heavy (non-hydrogen) atoms. The lowest BCUT2D eigenvalue weighted by atomic mass is 10.4. The quantitative estimate of drug-likeness (QED) is 0.686. The molecule has 1 heterocycles. The predicted octanol–water partition coefficient (Wildman–Crippen LogP) is -0.0208. The van der Waals surface area contributed by atoms with Gasteiger partial charge in [0.05, 0.1) is 6.61 Å². The number of rotatable bonds is 4. The number of hydrogen-bond donors (Lipinski definition) is 1. The Morgan fingerprint density at radius 1 is 1.67 bits per heavy atom. The fraction of sp³-hybridized carbons (Fsp3) is 0.500. The van der Waals surface area contributed by atoms with Crippen LogP contribution in [0.2, 0.25) is 0 Å². The number of nitrogens with zero attached hydrogens (tertiary/aromatic N) is 2. The Hall–Kier alpha value is -1.43. The summed E-state index contributed by atoms with van der Waals surface area (Å²) < 4.78 is 9.13. The molecule has 0 saturated carbocycles. The standard InChI is InChI=1S/C6H8N2O4/c1-4-5(8-12-7-4)2-11-3-6(9)10/h2-3H2,1H3,(H,9,10). The van der Waals surface area contributed by atoms with E-state index in [0.29, 0.717) is 11.4 Å². The number of carbonyl (C=O) groups is 1. The third-order valence-corrected chi connectivity index (χ3v) is 1.21. The van der Waals surface area contributed by atoms with Gasteiger partial charge in [-0.1, -0.05) is 10.3 Å². The van der Waals surface area contributed by atoms with Crippen LogP contribution in [-0.4, -0.2) is 28.0 Å². The highest BCUT2D eigenvalue weighted by Crippen LogP contribution is 2.01. The number of aromatic nitrogens is 2. The number of carboxylic acids is 1. The van der Waals surface area contributed by atoms with Crippen molar-refractivity contribution in [3.05, 3.63) is 11.4 Å². The van der Waals surface area contributed by atoms with Crippen LogP contribution in [0.4, 0.5) is 0 Å². The summed E-state index contributed by atoms with van der Waals surface area (Å²) in [4.78, 5) is 10.0. The van der Waals surface area contributed by atoms with Crippen LogP contribution in [0, 0.1) is 6.92 Å². The molecule has 1 aromatic rings. The van der Waals surface area contributed by atoms with Gasteiger partial charge in [-0.15, -0.1) is 0 Å². The second-order valence-electron chi connectivity index (χ2n) is 2.18. The van der Waals surface area contributed by atoms with Gasteiger partial charge in [-0.3, -0.25) is 0 Å². The lowest BCUT2D eigenvalue weighted by Crippen LogP contribution is -2.07. The van der Waals surface area contributed by atoms with Crippen molar-refractivity contribution in [1.29, 1.82) is 0 Å². The number of aryl methyl sites for hydroxylation is 1. The molecule has 0 spiro atoms. The van der Waals surface area contributed by atoms with E-state index in [2.05, 4.69) is 14.9 Å². The first kappa shape index (κ1) is 8.66. The fourth-order valence-corrected chi connectivity index (χ4v) is 0.615. The summed E-state index contributed by atoms with van der Waals surface area (Å²) in [7, 11) is 0. The van der Waals surface area contributed by atoms with Crippen molar-refractivity contribution in [3.8, 4) is 0 Å². The number of ether oxygens (including phenoxy) is 1. The molecule has 6 heteroatoms. The SMILES string of the molecule is Cc1nonc1COCC(=O)O. The lowest BCUT2D eigenvalue weighted by molar-refractivity contribution is -0.142. The van der Waals surface area contributed by atoms with Crippen molar-refractivity contribution in [2.45, 2.75) is 13.5 Å². The Morgan fingerprint density at radius 3 is 2.92 bits per heavy atom. The Bertz CT molecular complexity index is 270. The molecular formula is C6H8N2O4. The average Bonchev–Trinajstić information content (AvgIpc) is 2.36. The van der Waals surface area contributed by atoms with Crippen LogP contribution >= 0.6 is 0 Å². The Balaban J connectivity index is 2.33. The average molecular weight is 172 g/mol. The van der Waals surface area contributed by atoms with Crippen molar-refractivity contribution in [1.82, 2.24) is 10.3 Å². The van der Waals surface area contributed by atoms with E-state index in [9.17, 15) is 4.79 Å². The smallest absolute Gasteiger partial charge is 0.329 e. The zero-order valence-corrected chi connectivity index (χ0v) is 6.48. The monoisotopic (exact) mass is 172 g/mol. The van der Waals surface area contributed by atoms with Crippen LogP contribution in [0.5, 0.6) is 0 Å². The summed E-state index contributed by atoms with van der Waals surface area (Å²) in [5, 5.41) is 15.2. The van der Waals surface area contributed by atoms with Crippen molar-refractivity contribution in [2.75, 3.05) is 6.61 Å². The molecule has 0 fully saturated rings. The molecule has 1 aromatic heterocycles. The molecule has 0 atom stereocenters. The summed E-state index contributed by atoms with van der Waals surface area (Å²) in [6.45, 7) is 1.48. The molecule has 0 radical (unpaired) electrons. The van der Waals surface area contributed by atoms with Gasteiger partial charge in [-0.2, -0.15) is 0 Å². The highest BCUT2D eigenvalue weighted by molar-refractivity contribution is 5.67. The lowest BCUT2D eigenvalue weighted by Gasteiger charge is -1.95.